The summed E-state index contributed by atoms with van der Waals surface area (Å²) in [5.41, 5.74) is -5.34. The number of hydrogen-bond donors (Lipinski definition) is 0. The molecule has 258 valence electrons. The fraction of sp³-hybridized carbons (Fsp3) is 0.571. The van der Waals surface area contributed by atoms with Crippen LogP contribution in [0.15, 0.2) is 47.8 Å². The molecule has 18 heteroatoms. The quantitative estimate of drug-likeness (QED) is 0.256. The lowest BCUT2D eigenvalue weighted by molar-refractivity contribution is -0.343. The Labute approximate surface area is 252 Å². The number of rotatable bonds is 8. The van der Waals surface area contributed by atoms with Gasteiger partial charge in [-0.2, -0.15) is 61.5 Å². The van der Waals surface area contributed by atoms with Crippen molar-refractivity contribution in [1.29, 1.82) is 0 Å². The van der Waals surface area contributed by atoms with E-state index in [-0.39, 0.29) is 37.3 Å². The molecular weight excluding hydrogens is 662 g/mol. The van der Waals surface area contributed by atoms with Crippen LogP contribution in [0, 0.1) is 10.8 Å². The highest BCUT2D eigenvalue weighted by molar-refractivity contribution is 6.04. The van der Waals surface area contributed by atoms with Crippen LogP contribution in [0.3, 0.4) is 0 Å². The molecule has 0 saturated carbocycles. The number of carbonyl (C=O) groups excluding carboxylic acids is 2. The molecule has 0 amide bonds. The summed E-state index contributed by atoms with van der Waals surface area (Å²) >= 11 is 0. The van der Waals surface area contributed by atoms with Crippen LogP contribution in [-0.4, -0.2) is 60.7 Å². The van der Waals surface area contributed by atoms with Crippen molar-refractivity contribution in [2.45, 2.75) is 76.6 Å². The molecule has 1 aromatic carbocycles. The highest BCUT2D eigenvalue weighted by atomic mass is 19.4. The fourth-order valence-electron chi connectivity index (χ4n) is 4.83. The topological polar surface area (TPSA) is 40.6 Å². The zero-order valence-corrected chi connectivity index (χ0v) is 24.3. The van der Waals surface area contributed by atoms with E-state index < -0.39 is 69.6 Å². The summed E-state index contributed by atoms with van der Waals surface area (Å²) < 4.78 is 189. The minimum atomic E-state index is -6.76. The van der Waals surface area contributed by atoms with Crippen molar-refractivity contribution < 1.29 is 71.1 Å². The van der Waals surface area contributed by atoms with E-state index in [0.717, 1.165) is 9.80 Å². The smallest absolute Gasteiger partial charge is 0.347 e. The zero-order chi connectivity index (χ0) is 35.7. The molecule has 0 radical (unpaired) electrons. The van der Waals surface area contributed by atoms with Gasteiger partial charge in [0, 0.05) is 48.0 Å². The summed E-state index contributed by atoms with van der Waals surface area (Å²) in [6, 6.07) is 5.03. The standard InChI is InChI=1S/C28H26F14N2O2/c1-21(2)8-10-43(13-17(21)19(45)23(29,30)25(33,34)27(37,38)39)15-6-5-7-16(12-15)44-11-9-22(3,4)18(14-44)20(46)24(31,32)26(35,36)28(40,41)42/h5-7,12-14H,8-11H2,1-4H3. The Hall–Kier alpha value is -3.34. The number of halogens is 14. The van der Waals surface area contributed by atoms with Gasteiger partial charge in [0.1, 0.15) is 0 Å². The summed E-state index contributed by atoms with van der Waals surface area (Å²) in [6.45, 7) is 4.48. The van der Waals surface area contributed by atoms with E-state index in [1.54, 1.807) is 0 Å². The molecule has 0 aliphatic carbocycles. The number of nitrogens with zero attached hydrogens (tertiary/aromatic N) is 2. The Kier molecular flexibility index (Phi) is 8.98. The van der Waals surface area contributed by atoms with Gasteiger partial charge in [-0.3, -0.25) is 9.59 Å². The largest absolute Gasteiger partial charge is 0.460 e. The summed E-state index contributed by atoms with van der Waals surface area (Å²) in [5.74, 6) is -31.3. The van der Waals surface area contributed by atoms with E-state index in [4.69, 9.17) is 0 Å². The average molecular weight is 689 g/mol. The molecule has 0 spiro atoms. The van der Waals surface area contributed by atoms with Gasteiger partial charge in [-0.05, 0) is 41.9 Å². The van der Waals surface area contributed by atoms with E-state index >= 15 is 0 Å². The number of Topliss-reactive ketones (excluding diaryl/α,β-unsaturated/α-hetero) is 2. The van der Waals surface area contributed by atoms with Crippen LogP contribution in [0.4, 0.5) is 72.8 Å². The van der Waals surface area contributed by atoms with Crippen molar-refractivity contribution in [2.24, 2.45) is 10.8 Å². The van der Waals surface area contributed by atoms with E-state index in [9.17, 15) is 71.1 Å². The lowest BCUT2D eigenvalue weighted by Crippen LogP contribution is -2.57. The molecule has 3 rings (SSSR count). The van der Waals surface area contributed by atoms with Crippen LogP contribution >= 0.6 is 0 Å². The van der Waals surface area contributed by atoms with E-state index in [0.29, 0.717) is 12.4 Å². The Morgan fingerprint density at radius 1 is 0.587 bits per heavy atom. The van der Waals surface area contributed by atoms with Crippen LogP contribution < -0.4 is 9.80 Å². The molecule has 2 heterocycles. The predicted molar refractivity (Wildman–Crippen MR) is 136 cm³/mol. The van der Waals surface area contributed by atoms with Gasteiger partial charge in [-0.25, -0.2) is 0 Å². The molecule has 0 N–H and O–H groups in total. The number of alkyl halides is 14. The third kappa shape index (κ3) is 6.07. The lowest BCUT2D eigenvalue weighted by atomic mass is 9.75. The van der Waals surface area contributed by atoms with Gasteiger partial charge in [0.2, 0.25) is 11.6 Å². The minimum Gasteiger partial charge on any atom is -0.347 e. The van der Waals surface area contributed by atoms with E-state index in [2.05, 4.69) is 0 Å². The first-order valence-electron chi connectivity index (χ1n) is 13.3. The third-order valence-corrected chi connectivity index (χ3v) is 8.04. The second-order valence-electron chi connectivity index (χ2n) is 12.2. The first kappa shape index (κ1) is 37.1. The zero-order valence-electron chi connectivity index (χ0n) is 24.3. The monoisotopic (exact) mass is 688 g/mol. The summed E-state index contributed by atoms with van der Waals surface area (Å²) in [7, 11) is 0. The van der Waals surface area contributed by atoms with Gasteiger partial charge < -0.3 is 9.80 Å². The van der Waals surface area contributed by atoms with Crippen molar-refractivity contribution >= 4 is 22.9 Å². The maximum atomic E-state index is 14.4. The molecule has 0 unspecified atom stereocenters. The van der Waals surface area contributed by atoms with Crippen molar-refractivity contribution in [3.63, 3.8) is 0 Å². The molecule has 0 atom stereocenters. The molecule has 0 fully saturated rings. The summed E-state index contributed by atoms with van der Waals surface area (Å²) in [4.78, 5) is 27.2. The number of carbonyl (C=O) groups is 2. The first-order chi connectivity index (χ1) is 20.4. The fourth-order valence-corrected chi connectivity index (χ4v) is 4.83. The Bertz CT molecular complexity index is 1330. The Morgan fingerprint density at radius 2 is 0.891 bits per heavy atom. The average Bonchev–Trinajstić information content (AvgIpc) is 2.90. The Balaban J connectivity index is 2.04. The van der Waals surface area contributed by atoms with Crippen molar-refractivity contribution in [1.82, 2.24) is 0 Å². The van der Waals surface area contributed by atoms with E-state index in [1.807, 2.05) is 0 Å². The SMILES string of the molecule is CC1(C)CCN(c2cccc(N3C=C(C(=O)C(F)(F)C(F)(F)C(F)(F)F)C(C)(C)CC3)c2)C=C1C(=O)C(F)(F)C(F)(F)C(F)(F)F. The van der Waals surface area contributed by atoms with Crippen molar-refractivity contribution in [3.8, 4) is 0 Å². The van der Waals surface area contributed by atoms with Crippen LogP contribution in [0.25, 0.3) is 0 Å². The number of hydrogen-bond acceptors (Lipinski definition) is 4. The van der Waals surface area contributed by atoms with Gasteiger partial charge in [0.05, 0.1) is 0 Å². The molecule has 4 nitrogen and oxygen atoms in total. The number of anilines is 2. The summed E-state index contributed by atoms with van der Waals surface area (Å²) in [6.07, 6.45) is -12.6. The number of ketones is 2. The van der Waals surface area contributed by atoms with Crippen LogP contribution in [0.1, 0.15) is 40.5 Å². The predicted octanol–water partition coefficient (Wildman–Crippen LogP) is 8.73. The highest BCUT2D eigenvalue weighted by Gasteiger charge is 2.77. The first-order valence-corrected chi connectivity index (χ1v) is 13.3. The highest BCUT2D eigenvalue weighted by Crippen LogP contribution is 2.52. The van der Waals surface area contributed by atoms with Gasteiger partial charge in [-0.1, -0.05) is 33.8 Å². The van der Waals surface area contributed by atoms with Gasteiger partial charge in [0.15, 0.2) is 0 Å². The third-order valence-electron chi connectivity index (χ3n) is 8.04. The van der Waals surface area contributed by atoms with Crippen molar-refractivity contribution in [2.75, 3.05) is 22.9 Å². The van der Waals surface area contributed by atoms with Crippen molar-refractivity contribution in [3.05, 3.63) is 47.8 Å². The van der Waals surface area contributed by atoms with Gasteiger partial charge in [0.25, 0.3) is 0 Å². The number of benzene rings is 1. The molecule has 0 aromatic heterocycles. The van der Waals surface area contributed by atoms with Crippen LogP contribution in [-0.2, 0) is 9.59 Å². The molecule has 46 heavy (non-hydrogen) atoms. The molecule has 0 bridgehead atoms. The van der Waals surface area contributed by atoms with Crippen LogP contribution in [0.2, 0.25) is 0 Å². The van der Waals surface area contributed by atoms with E-state index in [1.165, 1.54) is 52.0 Å². The maximum absolute atomic E-state index is 14.4. The lowest BCUT2D eigenvalue weighted by Gasteiger charge is -2.40. The molecular formula is C28H26F14N2O2. The molecule has 0 saturated heterocycles. The Morgan fingerprint density at radius 3 is 1.17 bits per heavy atom. The normalized spacial score (nSPS) is 19.9. The van der Waals surface area contributed by atoms with Crippen LogP contribution in [0.5, 0.6) is 0 Å². The van der Waals surface area contributed by atoms with Gasteiger partial charge >= 0.3 is 36.0 Å². The summed E-state index contributed by atoms with van der Waals surface area (Å²) in [5, 5.41) is 0. The molecule has 2 aliphatic rings. The molecule has 1 aromatic rings. The number of allylic oxidation sites excluding steroid dienone is 2. The second-order valence-corrected chi connectivity index (χ2v) is 12.2. The second kappa shape index (κ2) is 11.1. The van der Waals surface area contributed by atoms with Gasteiger partial charge in [-0.15, -0.1) is 0 Å². The maximum Gasteiger partial charge on any atom is 0.460 e. The molecule has 2 aliphatic heterocycles. The minimum absolute atomic E-state index is 0.00393.